The Morgan fingerprint density at radius 1 is 0.375 bits per heavy atom. The van der Waals surface area contributed by atoms with Crippen LogP contribution in [0, 0.1) is 6.92 Å². The van der Waals surface area contributed by atoms with E-state index in [1.165, 1.54) is 109 Å². The molecule has 0 aliphatic rings. The van der Waals surface area contributed by atoms with Gasteiger partial charge in [-0.05, 0) is 137 Å². The van der Waals surface area contributed by atoms with Crippen molar-refractivity contribution < 1.29 is 0 Å². The molecule has 0 saturated carbocycles. The van der Waals surface area contributed by atoms with Gasteiger partial charge in [0.15, 0.2) is 0 Å². The summed E-state index contributed by atoms with van der Waals surface area (Å²) in [5.74, 6) is 0. The molecule has 56 heavy (non-hydrogen) atoms. The quantitative estimate of drug-likeness (QED) is 0.160. The molecule has 0 unspecified atom stereocenters. The third-order valence-corrected chi connectivity index (χ3v) is 12.1. The average molecular weight is 716 g/mol. The van der Waals surface area contributed by atoms with Crippen molar-refractivity contribution in [2.45, 2.75) is 33.1 Å². The van der Waals surface area contributed by atoms with Crippen LogP contribution in [-0.4, -0.2) is 4.57 Å². The first-order valence-corrected chi connectivity index (χ1v) is 19.7. The zero-order valence-electron chi connectivity index (χ0n) is 32.2. The molecule has 1 heterocycles. The number of hydrogen-bond donors (Lipinski definition) is 0. The van der Waals surface area contributed by atoms with E-state index in [0.717, 1.165) is 5.69 Å². The number of aryl methyl sites for hydroxylation is 1. The summed E-state index contributed by atoms with van der Waals surface area (Å²) < 4.78 is 2.42. The molecule has 0 atom stereocenters. The van der Waals surface area contributed by atoms with Gasteiger partial charge < -0.3 is 4.57 Å². The Morgan fingerprint density at radius 3 is 1.62 bits per heavy atom. The SMILES string of the molecule is Cc1ccc(-c2cc(-c3ccc(-n4c5ccccc5c5cc(-c6ccc7ccccc7c6)ccc54)cc3)c3ccc4cc(C(C)(C)C)cc5ccc2c3c54)cc1. The number of rotatable bonds is 4. The van der Waals surface area contributed by atoms with E-state index in [1.54, 1.807) is 0 Å². The lowest BCUT2D eigenvalue weighted by molar-refractivity contribution is 0.591. The topological polar surface area (TPSA) is 4.93 Å². The van der Waals surface area contributed by atoms with Gasteiger partial charge >= 0.3 is 0 Å². The average Bonchev–Trinajstić information content (AvgIpc) is 3.56. The summed E-state index contributed by atoms with van der Waals surface area (Å²) in [6.07, 6.45) is 0. The Hall–Kier alpha value is -6.70. The van der Waals surface area contributed by atoms with E-state index in [2.05, 4.69) is 208 Å². The van der Waals surface area contributed by atoms with Gasteiger partial charge in [-0.2, -0.15) is 0 Å². The van der Waals surface area contributed by atoms with Gasteiger partial charge in [0.05, 0.1) is 11.0 Å². The van der Waals surface area contributed by atoms with E-state index in [0.29, 0.717) is 0 Å². The van der Waals surface area contributed by atoms with E-state index < -0.39 is 0 Å². The number of benzene rings is 10. The second-order valence-corrected chi connectivity index (χ2v) is 16.7. The molecule has 10 aromatic carbocycles. The zero-order valence-corrected chi connectivity index (χ0v) is 32.2. The van der Waals surface area contributed by atoms with Gasteiger partial charge in [-0.25, -0.2) is 0 Å². The molecule has 0 radical (unpaired) electrons. The summed E-state index contributed by atoms with van der Waals surface area (Å²) in [6.45, 7) is 9.08. The standard InChI is InChI=1S/C55H41N/c1-34-13-15-36(16-14-34)48-33-49(47-27-22-42-31-43(55(2,3)4)30-41-21-26-46(48)54(47)53(41)42)37-19-24-44(25-20-37)56-51-12-8-7-11-45(51)50-32-40(23-28-52(50)56)39-18-17-35-9-5-6-10-38(35)29-39/h5-33H,1-4H3. The molecule has 1 heteroatoms. The fourth-order valence-corrected chi connectivity index (χ4v) is 9.15. The van der Waals surface area contributed by atoms with E-state index in [-0.39, 0.29) is 5.41 Å². The molecular weight excluding hydrogens is 675 g/mol. The smallest absolute Gasteiger partial charge is 0.0541 e. The largest absolute Gasteiger partial charge is 0.309 e. The third kappa shape index (κ3) is 5.08. The maximum absolute atomic E-state index is 2.43. The predicted octanol–water partition coefficient (Wildman–Crippen LogP) is 15.4. The van der Waals surface area contributed by atoms with Crippen LogP contribution < -0.4 is 0 Å². The first-order chi connectivity index (χ1) is 27.3. The van der Waals surface area contributed by atoms with Gasteiger partial charge in [-0.3, -0.25) is 0 Å². The highest BCUT2D eigenvalue weighted by Crippen LogP contribution is 2.45. The molecule has 0 N–H and O–H groups in total. The number of para-hydroxylation sites is 1. The lowest BCUT2D eigenvalue weighted by atomic mass is 9.81. The van der Waals surface area contributed by atoms with Crippen LogP contribution in [0.4, 0.5) is 0 Å². The number of aromatic nitrogens is 1. The zero-order chi connectivity index (χ0) is 37.7. The Balaban J connectivity index is 1.08. The van der Waals surface area contributed by atoms with Crippen LogP contribution in [0.3, 0.4) is 0 Å². The molecule has 11 aromatic rings. The molecule has 0 fully saturated rings. The number of hydrogen-bond acceptors (Lipinski definition) is 0. The highest BCUT2D eigenvalue weighted by atomic mass is 15.0. The second-order valence-electron chi connectivity index (χ2n) is 16.7. The number of fused-ring (bicyclic) bond motifs is 4. The number of nitrogens with zero attached hydrogens (tertiary/aromatic N) is 1. The maximum atomic E-state index is 2.43. The molecule has 0 spiro atoms. The van der Waals surface area contributed by atoms with Crippen molar-refractivity contribution >= 4 is 64.9 Å². The van der Waals surface area contributed by atoms with Crippen LogP contribution >= 0.6 is 0 Å². The lowest BCUT2D eigenvalue weighted by Gasteiger charge is -2.23. The Bertz CT molecular complexity index is 3300. The van der Waals surface area contributed by atoms with Crippen LogP contribution in [0.1, 0.15) is 31.9 Å². The van der Waals surface area contributed by atoms with Crippen LogP contribution in [0.25, 0.3) is 104 Å². The Morgan fingerprint density at radius 2 is 0.929 bits per heavy atom. The molecule has 0 saturated heterocycles. The summed E-state index contributed by atoms with van der Waals surface area (Å²) >= 11 is 0. The minimum Gasteiger partial charge on any atom is -0.309 e. The summed E-state index contributed by atoms with van der Waals surface area (Å²) in [5.41, 5.74) is 13.8. The van der Waals surface area contributed by atoms with Crippen LogP contribution in [0.5, 0.6) is 0 Å². The molecule has 11 rings (SSSR count). The monoisotopic (exact) mass is 715 g/mol. The molecule has 0 aliphatic heterocycles. The Kier molecular flexibility index (Phi) is 7.10. The summed E-state index contributed by atoms with van der Waals surface area (Å²) in [6, 6.07) is 66.0. The first kappa shape index (κ1) is 32.7. The molecule has 1 nitrogen and oxygen atoms in total. The maximum Gasteiger partial charge on any atom is 0.0541 e. The van der Waals surface area contributed by atoms with Crippen molar-refractivity contribution in [2.24, 2.45) is 0 Å². The van der Waals surface area contributed by atoms with Gasteiger partial charge in [0.1, 0.15) is 0 Å². The van der Waals surface area contributed by atoms with Gasteiger partial charge in [0.25, 0.3) is 0 Å². The van der Waals surface area contributed by atoms with Crippen molar-refractivity contribution in [1.82, 2.24) is 4.57 Å². The highest BCUT2D eigenvalue weighted by molar-refractivity contribution is 6.28. The van der Waals surface area contributed by atoms with E-state index in [9.17, 15) is 0 Å². The fourth-order valence-electron chi connectivity index (χ4n) is 9.15. The molecular formula is C55H41N. The van der Waals surface area contributed by atoms with Gasteiger partial charge in [-0.15, -0.1) is 0 Å². The lowest BCUT2D eigenvalue weighted by Crippen LogP contribution is -2.10. The predicted molar refractivity (Wildman–Crippen MR) is 242 cm³/mol. The first-order valence-electron chi connectivity index (χ1n) is 19.7. The van der Waals surface area contributed by atoms with Crippen molar-refractivity contribution in [1.29, 1.82) is 0 Å². The third-order valence-electron chi connectivity index (χ3n) is 12.1. The van der Waals surface area contributed by atoms with Crippen molar-refractivity contribution in [3.05, 3.63) is 187 Å². The van der Waals surface area contributed by atoms with Crippen LogP contribution in [0.2, 0.25) is 0 Å². The molecule has 0 aliphatic carbocycles. The summed E-state index contributed by atoms with van der Waals surface area (Å²) in [4.78, 5) is 0. The summed E-state index contributed by atoms with van der Waals surface area (Å²) in [5, 5.41) is 13.0. The summed E-state index contributed by atoms with van der Waals surface area (Å²) in [7, 11) is 0. The van der Waals surface area contributed by atoms with E-state index in [1.807, 2.05) is 0 Å². The van der Waals surface area contributed by atoms with E-state index in [4.69, 9.17) is 0 Å². The highest BCUT2D eigenvalue weighted by Gasteiger charge is 2.21. The van der Waals surface area contributed by atoms with Gasteiger partial charge in [-0.1, -0.05) is 160 Å². The van der Waals surface area contributed by atoms with Crippen molar-refractivity contribution in [2.75, 3.05) is 0 Å². The Labute approximate surface area is 327 Å². The van der Waals surface area contributed by atoms with Crippen LogP contribution in [-0.2, 0) is 5.41 Å². The fraction of sp³-hybridized carbons (Fsp3) is 0.0909. The van der Waals surface area contributed by atoms with Crippen LogP contribution in [0.15, 0.2) is 176 Å². The molecule has 1 aromatic heterocycles. The van der Waals surface area contributed by atoms with Crippen molar-refractivity contribution in [3.63, 3.8) is 0 Å². The van der Waals surface area contributed by atoms with Gasteiger partial charge in [0.2, 0.25) is 0 Å². The minimum atomic E-state index is 0.0697. The molecule has 0 bridgehead atoms. The minimum absolute atomic E-state index is 0.0697. The second kappa shape index (κ2) is 12.2. The van der Waals surface area contributed by atoms with E-state index >= 15 is 0 Å². The van der Waals surface area contributed by atoms with Crippen molar-refractivity contribution in [3.8, 4) is 39.1 Å². The normalized spacial score (nSPS) is 12.3. The molecule has 0 amide bonds. The van der Waals surface area contributed by atoms with Gasteiger partial charge in [0, 0.05) is 16.5 Å². The molecule has 266 valence electrons.